The fraction of sp³-hybridized carbons (Fsp3) is 0.727. The Morgan fingerprint density at radius 1 is 1.19 bits per heavy atom. The van der Waals surface area contributed by atoms with Gasteiger partial charge in [0.15, 0.2) is 0 Å². The van der Waals surface area contributed by atoms with Crippen LogP contribution in [0.5, 0.6) is 0 Å². The van der Waals surface area contributed by atoms with Crippen molar-refractivity contribution < 1.29 is 23.9 Å². The van der Waals surface area contributed by atoms with Crippen molar-refractivity contribution in [2.75, 3.05) is 7.11 Å². The minimum Gasteiger partial charge on any atom is -0.468 e. The molecule has 0 aromatic rings. The Hall–Kier alpha value is -1.39. The van der Waals surface area contributed by atoms with Crippen molar-refractivity contribution in [2.24, 2.45) is 5.92 Å². The smallest absolute Gasteiger partial charge is 0.316 e. The van der Waals surface area contributed by atoms with Crippen molar-refractivity contribution in [2.45, 2.75) is 39.7 Å². The van der Waals surface area contributed by atoms with E-state index in [0.29, 0.717) is 0 Å². The summed E-state index contributed by atoms with van der Waals surface area (Å²) in [4.78, 5) is 33.5. The maximum atomic E-state index is 11.2. The predicted molar refractivity (Wildman–Crippen MR) is 56.6 cm³/mol. The molecule has 1 unspecified atom stereocenters. The van der Waals surface area contributed by atoms with Crippen molar-refractivity contribution >= 4 is 17.7 Å². The summed E-state index contributed by atoms with van der Waals surface area (Å²) in [5.41, 5.74) is 0. The molecule has 1 atom stereocenters. The van der Waals surface area contributed by atoms with Gasteiger partial charge < -0.3 is 9.47 Å². The van der Waals surface area contributed by atoms with E-state index in [9.17, 15) is 14.4 Å². The zero-order valence-corrected chi connectivity index (χ0v) is 10.1. The van der Waals surface area contributed by atoms with Gasteiger partial charge in [0.1, 0.15) is 11.7 Å². The van der Waals surface area contributed by atoms with Crippen LogP contribution in [0.3, 0.4) is 0 Å². The number of esters is 2. The molecule has 0 aliphatic carbocycles. The normalized spacial score (nSPS) is 12.1. The second-order valence-electron chi connectivity index (χ2n) is 3.76. The van der Waals surface area contributed by atoms with E-state index in [1.54, 1.807) is 13.8 Å². The third-order valence-corrected chi connectivity index (χ3v) is 1.98. The Morgan fingerprint density at radius 3 is 2.12 bits per heavy atom. The number of carbonyl (C=O) groups is 3. The van der Waals surface area contributed by atoms with Gasteiger partial charge in [0.05, 0.1) is 13.2 Å². The van der Waals surface area contributed by atoms with Crippen LogP contribution in [0.15, 0.2) is 0 Å². The Bertz CT molecular complexity index is 270. The number of ketones is 1. The topological polar surface area (TPSA) is 69.7 Å². The molecule has 5 heteroatoms. The fourth-order valence-electron chi connectivity index (χ4n) is 1.21. The first-order valence-electron chi connectivity index (χ1n) is 5.16. The average molecular weight is 230 g/mol. The largest absolute Gasteiger partial charge is 0.468 e. The molecule has 92 valence electrons. The van der Waals surface area contributed by atoms with E-state index in [1.165, 1.54) is 14.0 Å². The highest BCUT2D eigenvalue weighted by Crippen LogP contribution is 2.11. The Balaban J connectivity index is 4.18. The SMILES string of the molecule is COC(=O)C(CCC(=O)OC(C)C)C(C)=O. The standard InChI is InChI=1S/C11H18O5/c1-7(2)16-10(13)6-5-9(8(3)12)11(14)15-4/h7,9H,5-6H2,1-4H3. The van der Waals surface area contributed by atoms with E-state index in [1.807, 2.05) is 0 Å². The van der Waals surface area contributed by atoms with Gasteiger partial charge in [-0.25, -0.2) is 0 Å². The number of Topliss-reactive ketones (excluding diaryl/α,β-unsaturated/α-hetero) is 1. The Labute approximate surface area is 95.1 Å². The van der Waals surface area contributed by atoms with Crippen molar-refractivity contribution in [3.8, 4) is 0 Å². The van der Waals surface area contributed by atoms with E-state index in [-0.39, 0.29) is 24.7 Å². The zero-order valence-electron chi connectivity index (χ0n) is 10.1. The van der Waals surface area contributed by atoms with Crippen molar-refractivity contribution in [3.63, 3.8) is 0 Å². The highest BCUT2D eigenvalue weighted by atomic mass is 16.5. The molecule has 5 nitrogen and oxygen atoms in total. The minimum atomic E-state index is -0.871. The Morgan fingerprint density at radius 2 is 1.75 bits per heavy atom. The van der Waals surface area contributed by atoms with Gasteiger partial charge in [-0.2, -0.15) is 0 Å². The number of rotatable bonds is 6. The van der Waals surface area contributed by atoms with Gasteiger partial charge in [-0.3, -0.25) is 14.4 Å². The first-order valence-corrected chi connectivity index (χ1v) is 5.16. The molecular formula is C11H18O5. The van der Waals surface area contributed by atoms with Gasteiger partial charge >= 0.3 is 11.9 Å². The summed E-state index contributed by atoms with van der Waals surface area (Å²) >= 11 is 0. The molecule has 0 heterocycles. The van der Waals surface area contributed by atoms with Crippen molar-refractivity contribution in [3.05, 3.63) is 0 Å². The lowest BCUT2D eigenvalue weighted by Gasteiger charge is -2.12. The van der Waals surface area contributed by atoms with Crippen LogP contribution >= 0.6 is 0 Å². The first-order chi connectivity index (χ1) is 7.38. The predicted octanol–water partition coefficient (Wildman–Crippen LogP) is 1.10. The van der Waals surface area contributed by atoms with Crippen LogP contribution in [0.1, 0.15) is 33.6 Å². The van der Waals surface area contributed by atoms with Gasteiger partial charge in [0, 0.05) is 6.42 Å². The lowest BCUT2D eigenvalue weighted by molar-refractivity contribution is -0.151. The minimum absolute atomic E-state index is 0.0392. The third kappa shape index (κ3) is 5.48. The summed E-state index contributed by atoms with van der Waals surface area (Å²) in [5, 5.41) is 0. The second-order valence-corrected chi connectivity index (χ2v) is 3.76. The van der Waals surface area contributed by atoms with E-state index < -0.39 is 17.9 Å². The van der Waals surface area contributed by atoms with Crippen LogP contribution in [0.2, 0.25) is 0 Å². The summed E-state index contributed by atoms with van der Waals surface area (Å²) < 4.78 is 9.37. The molecule has 0 aliphatic heterocycles. The number of hydrogen-bond acceptors (Lipinski definition) is 5. The summed E-state index contributed by atoms with van der Waals surface area (Å²) in [6, 6.07) is 0. The molecular weight excluding hydrogens is 212 g/mol. The quantitative estimate of drug-likeness (QED) is 0.504. The molecule has 0 aromatic carbocycles. The summed E-state index contributed by atoms with van der Waals surface area (Å²) in [5.74, 6) is -2.19. The lowest BCUT2D eigenvalue weighted by atomic mass is 9.99. The van der Waals surface area contributed by atoms with Crippen LogP contribution in [-0.4, -0.2) is 30.9 Å². The average Bonchev–Trinajstić information content (AvgIpc) is 2.15. The molecule has 0 aliphatic rings. The molecule has 0 amide bonds. The maximum Gasteiger partial charge on any atom is 0.316 e. The molecule has 0 saturated heterocycles. The molecule has 0 radical (unpaired) electrons. The molecule has 0 bridgehead atoms. The number of carbonyl (C=O) groups excluding carboxylic acids is 3. The lowest BCUT2D eigenvalue weighted by Crippen LogP contribution is -2.24. The molecule has 0 spiro atoms. The second kappa shape index (κ2) is 6.98. The maximum absolute atomic E-state index is 11.2. The van der Waals surface area contributed by atoms with Gasteiger partial charge in [0.2, 0.25) is 0 Å². The number of methoxy groups -OCH3 is 1. The Kier molecular flexibility index (Phi) is 6.37. The van der Waals surface area contributed by atoms with E-state index in [4.69, 9.17) is 4.74 Å². The van der Waals surface area contributed by atoms with E-state index in [0.717, 1.165) is 0 Å². The monoisotopic (exact) mass is 230 g/mol. The molecule has 0 saturated carbocycles. The van der Waals surface area contributed by atoms with Gasteiger partial charge in [-0.1, -0.05) is 0 Å². The van der Waals surface area contributed by atoms with Crippen LogP contribution in [0.25, 0.3) is 0 Å². The molecule has 0 fully saturated rings. The van der Waals surface area contributed by atoms with Crippen molar-refractivity contribution in [1.82, 2.24) is 0 Å². The number of ether oxygens (including phenoxy) is 2. The van der Waals surface area contributed by atoms with Crippen LogP contribution in [-0.2, 0) is 23.9 Å². The molecule has 0 N–H and O–H groups in total. The van der Waals surface area contributed by atoms with Gasteiger partial charge in [-0.15, -0.1) is 0 Å². The van der Waals surface area contributed by atoms with E-state index in [2.05, 4.69) is 4.74 Å². The van der Waals surface area contributed by atoms with Crippen LogP contribution < -0.4 is 0 Å². The highest BCUT2D eigenvalue weighted by molar-refractivity contribution is 5.97. The van der Waals surface area contributed by atoms with Crippen molar-refractivity contribution in [1.29, 1.82) is 0 Å². The molecule has 0 rings (SSSR count). The summed E-state index contributed by atoms with van der Waals surface area (Å²) in [6.07, 6.45) is -0.0214. The highest BCUT2D eigenvalue weighted by Gasteiger charge is 2.25. The van der Waals surface area contributed by atoms with Crippen LogP contribution in [0.4, 0.5) is 0 Å². The third-order valence-electron chi connectivity index (χ3n) is 1.98. The fourth-order valence-corrected chi connectivity index (χ4v) is 1.21. The zero-order chi connectivity index (χ0) is 12.7. The van der Waals surface area contributed by atoms with Gasteiger partial charge in [0.25, 0.3) is 0 Å². The first kappa shape index (κ1) is 14.6. The summed E-state index contributed by atoms with van der Waals surface area (Å²) in [7, 11) is 1.21. The van der Waals surface area contributed by atoms with Gasteiger partial charge in [-0.05, 0) is 27.2 Å². The molecule has 0 aromatic heterocycles. The molecule has 16 heavy (non-hydrogen) atoms. The van der Waals surface area contributed by atoms with E-state index >= 15 is 0 Å². The number of hydrogen-bond donors (Lipinski definition) is 0. The summed E-state index contributed by atoms with van der Waals surface area (Å²) in [6.45, 7) is 4.77. The van der Waals surface area contributed by atoms with Crippen LogP contribution in [0, 0.1) is 5.92 Å².